The predicted octanol–water partition coefficient (Wildman–Crippen LogP) is 8.48. The fraction of sp³-hybridized carbons (Fsp3) is 0. The summed E-state index contributed by atoms with van der Waals surface area (Å²) in [5, 5.41) is 12.7. The zero-order valence-electron chi connectivity index (χ0n) is 23.2. The molecule has 0 aliphatic rings. The van der Waals surface area contributed by atoms with Crippen LogP contribution in [0.2, 0.25) is 0 Å². The van der Waals surface area contributed by atoms with E-state index in [4.69, 9.17) is 4.98 Å². The van der Waals surface area contributed by atoms with Crippen molar-refractivity contribution < 1.29 is 0 Å². The van der Waals surface area contributed by atoms with Crippen molar-refractivity contribution in [2.75, 3.05) is 0 Å². The molecular weight excluding hydrogens is 606 g/mol. The first-order valence-electron chi connectivity index (χ1n) is 14.5. The van der Waals surface area contributed by atoms with E-state index in [2.05, 4.69) is 171 Å². The fourth-order valence-corrected chi connectivity index (χ4v) is 11.5. The van der Waals surface area contributed by atoms with Crippen LogP contribution in [0.1, 0.15) is 0 Å². The fourth-order valence-electron chi connectivity index (χ4n) is 6.69. The summed E-state index contributed by atoms with van der Waals surface area (Å²) in [6.45, 7) is 0. The number of para-hydroxylation sites is 3. The van der Waals surface area contributed by atoms with Crippen molar-refractivity contribution in [3.8, 4) is 0 Å². The van der Waals surface area contributed by atoms with Crippen LogP contribution < -0.4 is 15.9 Å². The van der Waals surface area contributed by atoms with E-state index in [1.165, 1.54) is 59.1 Å². The molecule has 0 fully saturated rings. The van der Waals surface area contributed by atoms with Crippen molar-refractivity contribution in [3.63, 3.8) is 0 Å². The number of aromatic nitrogens is 2. The molecule has 2 nitrogen and oxygen atoms in total. The number of benzene rings is 7. The summed E-state index contributed by atoms with van der Waals surface area (Å²) in [4.78, 5) is 5.13. The third-order valence-corrected chi connectivity index (χ3v) is 15.8. The number of nitrogens with zero attached hydrogens (tertiary/aromatic N) is 2. The molecule has 0 unspecified atom stereocenters. The third-order valence-electron chi connectivity index (χ3n) is 8.80. The number of pyridine rings is 1. The Bertz CT molecular complexity index is 2530. The van der Waals surface area contributed by atoms with Gasteiger partial charge in [0, 0.05) is 0 Å². The molecule has 0 atom stereocenters. The normalized spacial score (nSPS) is 12.3. The van der Waals surface area contributed by atoms with Crippen molar-refractivity contribution in [2.24, 2.45) is 0 Å². The second kappa shape index (κ2) is 9.49. The van der Waals surface area contributed by atoms with Crippen LogP contribution in [0.5, 0.6) is 0 Å². The van der Waals surface area contributed by atoms with E-state index in [9.17, 15) is 0 Å². The molecule has 0 saturated carbocycles. The van der Waals surface area contributed by atoms with Crippen molar-refractivity contribution in [1.29, 1.82) is 0 Å². The Labute approximate surface area is 256 Å². The Morgan fingerprint density at radius 3 is 1.67 bits per heavy atom. The molecule has 2 heterocycles. The zero-order chi connectivity index (χ0) is 28.5. The van der Waals surface area contributed by atoms with Crippen molar-refractivity contribution in [1.82, 2.24) is 9.38 Å². The van der Waals surface area contributed by atoms with Gasteiger partial charge in [-0.1, -0.05) is 0 Å². The van der Waals surface area contributed by atoms with Gasteiger partial charge < -0.3 is 0 Å². The Kier molecular flexibility index (Phi) is 5.52. The van der Waals surface area contributed by atoms with Gasteiger partial charge in [-0.05, 0) is 0 Å². The Balaban J connectivity index is 1.39. The quantitative estimate of drug-likeness (QED) is 0.109. The van der Waals surface area contributed by atoms with Crippen molar-refractivity contribution in [2.45, 2.75) is 0 Å². The van der Waals surface area contributed by atoms with Crippen LogP contribution in [-0.2, 0) is 0 Å². The van der Waals surface area contributed by atoms with Crippen LogP contribution in [0.3, 0.4) is 0 Å². The number of fused-ring (bicyclic) bond motifs is 10. The van der Waals surface area contributed by atoms with Gasteiger partial charge in [-0.15, -0.1) is 0 Å². The first-order chi connectivity index (χ1) is 21.2. The molecule has 0 N–H and O–H groups in total. The molecule has 0 spiro atoms. The van der Waals surface area contributed by atoms with Crippen molar-refractivity contribution in [3.05, 3.63) is 152 Å². The third kappa shape index (κ3) is 3.73. The zero-order valence-corrected chi connectivity index (χ0v) is 25.8. The Morgan fingerprint density at radius 2 is 0.977 bits per heavy atom. The van der Waals surface area contributed by atoms with E-state index in [0.29, 0.717) is 0 Å². The summed E-state index contributed by atoms with van der Waals surface area (Å²) in [6, 6.07) is 55.5. The van der Waals surface area contributed by atoms with Gasteiger partial charge in [0.25, 0.3) is 0 Å². The first-order valence-corrected chi connectivity index (χ1v) is 18.5. The molecule has 0 saturated heterocycles. The van der Waals surface area contributed by atoms with E-state index >= 15 is 0 Å². The van der Waals surface area contributed by atoms with Gasteiger partial charge in [0.15, 0.2) is 0 Å². The van der Waals surface area contributed by atoms with Crippen LogP contribution in [-0.4, -0.2) is 24.5 Å². The van der Waals surface area contributed by atoms with Crippen molar-refractivity contribution >= 4 is 96.4 Å². The number of rotatable bonds is 3. The molecule has 0 bridgehead atoms. The van der Waals surface area contributed by atoms with Gasteiger partial charge in [-0.25, -0.2) is 0 Å². The molecule has 9 rings (SSSR count). The van der Waals surface area contributed by atoms with Crippen LogP contribution in [0.15, 0.2) is 152 Å². The summed E-state index contributed by atoms with van der Waals surface area (Å²) in [7, 11) is 0. The summed E-state index contributed by atoms with van der Waals surface area (Å²) in [5.41, 5.74) is 2.17. The van der Waals surface area contributed by atoms with E-state index in [1.807, 2.05) is 0 Å². The van der Waals surface area contributed by atoms with Gasteiger partial charge in [-0.3, -0.25) is 0 Å². The van der Waals surface area contributed by atoms with Gasteiger partial charge in [0.2, 0.25) is 0 Å². The summed E-state index contributed by atoms with van der Waals surface area (Å²) < 4.78 is 2.32. The number of imidazole rings is 1. The van der Waals surface area contributed by atoms with Crippen LogP contribution in [0.25, 0.3) is 59.9 Å². The minimum absolute atomic E-state index is 1.00. The number of hydrogen-bond acceptors (Lipinski definition) is 1. The maximum absolute atomic E-state index is 5.13. The van der Waals surface area contributed by atoms with E-state index < -0.39 is 5.51 Å². The van der Waals surface area contributed by atoms with Crippen LogP contribution in [0, 0.1) is 0 Å². The minimum atomic E-state index is -2.16. The standard InChI is InChI=1S/C39H25N2PSe/c43-42(30-19-17-26-9-1-3-11-28(26)23-30,31-20-18-27-10-2-4-12-29(27)24-31)32-21-22-34-35(25-32)33-13-5-7-15-37(33)41-38-16-8-6-14-36(38)40-39(34)41/h1-25H. The average molecular weight is 632 g/mol. The predicted molar refractivity (Wildman–Crippen MR) is 187 cm³/mol. The molecule has 9 aromatic rings. The molecule has 0 radical (unpaired) electrons. The SMILES string of the molecule is [Se]=P(c1ccc2ccccc2c1)(c1ccc2ccccc2c1)c1ccc2c(c1)c1ccccc1n1c3ccccc3nc21. The molecule has 202 valence electrons. The number of hydrogen-bond donors (Lipinski definition) is 0. The second-order valence-corrected chi connectivity index (χ2v) is 17.4. The molecule has 0 amide bonds. The topological polar surface area (TPSA) is 17.3 Å². The first kappa shape index (κ1) is 25.0. The Morgan fingerprint density at radius 1 is 0.442 bits per heavy atom. The van der Waals surface area contributed by atoms with E-state index in [1.54, 1.807) is 0 Å². The van der Waals surface area contributed by atoms with Gasteiger partial charge in [0.1, 0.15) is 0 Å². The molecule has 0 aliphatic heterocycles. The summed E-state index contributed by atoms with van der Waals surface area (Å²) in [5.74, 6) is 0. The molecule has 4 heteroatoms. The van der Waals surface area contributed by atoms with E-state index in [0.717, 1.165) is 16.7 Å². The van der Waals surface area contributed by atoms with Crippen LogP contribution in [0.4, 0.5) is 0 Å². The maximum atomic E-state index is 5.13. The van der Waals surface area contributed by atoms with Gasteiger partial charge in [-0.2, -0.15) is 0 Å². The molecular formula is C39H25N2PSe. The van der Waals surface area contributed by atoms with Gasteiger partial charge in [0.05, 0.1) is 0 Å². The van der Waals surface area contributed by atoms with Gasteiger partial charge >= 0.3 is 257 Å². The molecule has 2 aromatic heterocycles. The summed E-state index contributed by atoms with van der Waals surface area (Å²) in [6.07, 6.45) is 0. The van der Waals surface area contributed by atoms with E-state index in [-0.39, 0.29) is 0 Å². The average Bonchev–Trinajstić information content (AvgIpc) is 3.47. The second-order valence-electron chi connectivity index (χ2n) is 11.2. The monoisotopic (exact) mass is 632 g/mol. The van der Waals surface area contributed by atoms with Crippen LogP contribution >= 0.6 is 5.51 Å². The summed E-state index contributed by atoms with van der Waals surface area (Å²) >= 11 is 3.83. The molecule has 43 heavy (non-hydrogen) atoms. The molecule has 0 aliphatic carbocycles. The molecule has 7 aromatic carbocycles. The Hall–Kier alpha value is -4.52.